The van der Waals surface area contributed by atoms with Crippen LogP contribution in [0.3, 0.4) is 0 Å². The lowest BCUT2D eigenvalue weighted by Crippen LogP contribution is -2.60. The molecule has 0 atom stereocenters. The van der Waals surface area contributed by atoms with Crippen molar-refractivity contribution in [1.82, 2.24) is 10.2 Å². The maximum Gasteiger partial charge on any atom is 0.407 e. The number of rotatable bonds is 4. The van der Waals surface area contributed by atoms with Crippen LogP contribution >= 0.6 is 0 Å². The van der Waals surface area contributed by atoms with Crippen molar-refractivity contribution in [2.45, 2.75) is 19.1 Å². The van der Waals surface area contributed by atoms with Gasteiger partial charge in [0.1, 0.15) is 13.0 Å². The Morgan fingerprint density at radius 3 is 2.70 bits per heavy atom. The van der Waals surface area contributed by atoms with Gasteiger partial charge in [-0.1, -0.05) is 30.3 Å². The van der Waals surface area contributed by atoms with E-state index in [1.54, 1.807) is 0 Å². The highest BCUT2D eigenvalue weighted by Gasteiger charge is 2.31. The first-order chi connectivity index (χ1) is 9.69. The number of ether oxygens (including phenoxy) is 1. The third-order valence-corrected chi connectivity index (χ3v) is 3.00. The molecule has 1 saturated heterocycles. The summed E-state index contributed by atoms with van der Waals surface area (Å²) in [6.45, 7) is 1.08. The van der Waals surface area contributed by atoms with Gasteiger partial charge in [-0.25, -0.2) is 4.79 Å². The molecule has 1 aromatic rings. The van der Waals surface area contributed by atoms with E-state index in [9.17, 15) is 9.59 Å². The number of nitriles is 1. The molecule has 1 fully saturated rings. The smallest absolute Gasteiger partial charge is 0.407 e. The molecule has 104 valence electrons. The van der Waals surface area contributed by atoms with Gasteiger partial charge in [0.2, 0.25) is 5.91 Å². The third kappa shape index (κ3) is 3.72. The van der Waals surface area contributed by atoms with Crippen molar-refractivity contribution in [3.63, 3.8) is 0 Å². The molecule has 6 heteroatoms. The van der Waals surface area contributed by atoms with Crippen LogP contribution in [0.2, 0.25) is 0 Å². The molecule has 2 amide bonds. The highest BCUT2D eigenvalue weighted by Crippen LogP contribution is 2.09. The number of carbonyl (C=O) groups excluding carboxylic acids is 2. The van der Waals surface area contributed by atoms with Crippen molar-refractivity contribution in [2.75, 3.05) is 13.1 Å². The second-order valence-electron chi connectivity index (χ2n) is 4.54. The molecule has 0 aliphatic carbocycles. The fourth-order valence-corrected chi connectivity index (χ4v) is 1.88. The van der Waals surface area contributed by atoms with E-state index in [1.807, 2.05) is 36.4 Å². The van der Waals surface area contributed by atoms with Crippen molar-refractivity contribution in [3.8, 4) is 6.07 Å². The molecule has 1 heterocycles. The van der Waals surface area contributed by atoms with E-state index in [1.165, 1.54) is 4.90 Å². The van der Waals surface area contributed by atoms with Gasteiger partial charge in [0.25, 0.3) is 0 Å². The van der Waals surface area contributed by atoms with E-state index >= 15 is 0 Å². The van der Waals surface area contributed by atoms with E-state index in [2.05, 4.69) is 5.32 Å². The molecular formula is C14H15N3O3. The normalized spacial score (nSPS) is 14.1. The van der Waals surface area contributed by atoms with Gasteiger partial charge in [0.15, 0.2) is 0 Å². The van der Waals surface area contributed by atoms with Crippen LogP contribution in [0.25, 0.3) is 0 Å². The third-order valence-electron chi connectivity index (χ3n) is 3.00. The number of alkyl carbamates (subject to hydrolysis) is 1. The number of nitrogens with zero attached hydrogens (tertiary/aromatic N) is 2. The molecule has 20 heavy (non-hydrogen) atoms. The van der Waals surface area contributed by atoms with Gasteiger partial charge >= 0.3 is 6.09 Å². The molecule has 0 bridgehead atoms. The summed E-state index contributed by atoms with van der Waals surface area (Å²) in [6, 6.07) is 11.1. The van der Waals surface area contributed by atoms with Crippen LogP contribution in [-0.2, 0) is 16.1 Å². The van der Waals surface area contributed by atoms with Gasteiger partial charge < -0.3 is 15.0 Å². The quantitative estimate of drug-likeness (QED) is 0.888. The lowest BCUT2D eigenvalue weighted by atomic mass is 10.1. The minimum Gasteiger partial charge on any atom is -0.445 e. The summed E-state index contributed by atoms with van der Waals surface area (Å²) in [5.41, 5.74) is 0.919. The van der Waals surface area contributed by atoms with Crippen LogP contribution < -0.4 is 5.32 Å². The molecule has 0 radical (unpaired) electrons. The molecule has 1 N–H and O–H groups in total. The second-order valence-corrected chi connectivity index (χ2v) is 4.54. The monoisotopic (exact) mass is 273 g/mol. The summed E-state index contributed by atoms with van der Waals surface area (Å²) in [6.07, 6.45) is -0.614. The number of amides is 2. The van der Waals surface area contributed by atoms with Gasteiger partial charge in [-0.3, -0.25) is 4.79 Å². The highest BCUT2D eigenvalue weighted by molar-refractivity contribution is 5.79. The Labute approximate surface area is 116 Å². The van der Waals surface area contributed by atoms with E-state index in [0.717, 1.165) is 5.56 Å². The minimum absolute atomic E-state index is 0.0964. The molecule has 2 rings (SSSR count). The average Bonchev–Trinajstić information content (AvgIpc) is 2.41. The van der Waals surface area contributed by atoms with Crippen molar-refractivity contribution in [3.05, 3.63) is 35.9 Å². The SMILES string of the molecule is N#CCC(=O)N1CC(NC(=O)OCc2ccccc2)C1. The number of nitrogens with one attached hydrogen (secondary N) is 1. The summed E-state index contributed by atoms with van der Waals surface area (Å²) in [5, 5.41) is 11.1. The standard InChI is InChI=1S/C14H15N3O3/c15-7-6-13(18)17-8-12(9-17)16-14(19)20-10-11-4-2-1-3-5-11/h1-5,12H,6,8-10H2,(H,16,19). The first-order valence-electron chi connectivity index (χ1n) is 6.31. The number of hydrogen-bond donors (Lipinski definition) is 1. The fraction of sp³-hybridized carbons (Fsp3) is 0.357. The van der Waals surface area contributed by atoms with E-state index < -0.39 is 6.09 Å². The molecule has 0 spiro atoms. The largest absolute Gasteiger partial charge is 0.445 e. The van der Waals surface area contributed by atoms with E-state index in [0.29, 0.717) is 13.1 Å². The van der Waals surface area contributed by atoms with Crippen molar-refractivity contribution in [1.29, 1.82) is 5.26 Å². The molecule has 1 aliphatic rings. The van der Waals surface area contributed by atoms with Crippen molar-refractivity contribution < 1.29 is 14.3 Å². The van der Waals surface area contributed by atoms with Gasteiger partial charge in [-0.2, -0.15) is 5.26 Å². The number of hydrogen-bond acceptors (Lipinski definition) is 4. The predicted molar refractivity (Wildman–Crippen MR) is 70.4 cm³/mol. The summed E-state index contributed by atoms with van der Waals surface area (Å²) >= 11 is 0. The van der Waals surface area contributed by atoms with Crippen LogP contribution in [0.1, 0.15) is 12.0 Å². The van der Waals surface area contributed by atoms with Crippen molar-refractivity contribution in [2.24, 2.45) is 0 Å². The summed E-state index contributed by atoms with van der Waals surface area (Å²) in [5.74, 6) is -0.205. The Morgan fingerprint density at radius 2 is 2.05 bits per heavy atom. The first kappa shape index (κ1) is 13.9. The zero-order chi connectivity index (χ0) is 14.4. The molecule has 1 aliphatic heterocycles. The molecule has 6 nitrogen and oxygen atoms in total. The Kier molecular flexibility index (Phi) is 4.56. The van der Waals surface area contributed by atoms with Gasteiger partial charge in [0.05, 0.1) is 12.1 Å². The Balaban J connectivity index is 1.65. The summed E-state index contributed by atoms with van der Waals surface area (Å²) in [4.78, 5) is 24.4. The number of carbonyl (C=O) groups is 2. The minimum atomic E-state index is -0.494. The molecule has 0 saturated carbocycles. The van der Waals surface area contributed by atoms with E-state index in [-0.39, 0.29) is 25.0 Å². The van der Waals surface area contributed by atoms with Crippen LogP contribution in [0.15, 0.2) is 30.3 Å². The van der Waals surface area contributed by atoms with E-state index in [4.69, 9.17) is 10.00 Å². The van der Waals surface area contributed by atoms with Crippen LogP contribution in [-0.4, -0.2) is 36.0 Å². The summed E-state index contributed by atoms with van der Waals surface area (Å²) < 4.78 is 5.07. The Bertz CT molecular complexity index is 518. The fourth-order valence-electron chi connectivity index (χ4n) is 1.88. The Hall–Kier alpha value is -2.55. The number of benzene rings is 1. The maximum absolute atomic E-state index is 11.5. The average molecular weight is 273 g/mol. The van der Waals surface area contributed by atoms with Gasteiger partial charge in [-0.05, 0) is 5.56 Å². The van der Waals surface area contributed by atoms with Gasteiger partial charge in [0, 0.05) is 13.1 Å². The lowest BCUT2D eigenvalue weighted by molar-refractivity contribution is -0.134. The zero-order valence-electron chi connectivity index (χ0n) is 10.9. The number of likely N-dealkylation sites (tertiary alicyclic amines) is 1. The molecule has 0 aromatic heterocycles. The van der Waals surface area contributed by atoms with Crippen molar-refractivity contribution >= 4 is 12.0 Å². The van der Waals surface area contributed by atoms with Gasteiger partial charge in [-0.15, -0.1) is 0 Å². The van der Waals surface area contributed by atoms with Crippen LogP contribution in [0.5, 0.6) is 0 Å². The van der Waals surface area contributed by atoms with Crippen LogP contribution in [0.4, 0.5) is 4.79 Å². The predicted octanol–water partition coefficient (Wildman–Crippen LogP) is 1.04. The molecule has 1 aromatic carbocycles. The van der Waals surface area contributed by atoms with Crippen LogP contribution in [0, 0.1) is 11.3 Å². The zero-order valence-corrected chi connectivity index (χ0v) is 10.9. The molecular weight excluding hydrogens is 258 g/mol. The molecule has 0 unspecified atom stereocenters. The summed E-state index contributed by atoms with van der Waals surface area (Å²) in [7, 11) is 0. The topological polar surface area (TPSA) is 82.4 Å². The first-order valence-corrected chi connectivity index (χ1v) is 6.31. The lowest BCUT2D eigenvalue weighted by Gasteiger charge is -2.38. The Morgan fingerprint density at radius 1 is 1.35 bits per heavy atom. The second kappa shape index (κ2) is 6.57. The maximum atomic E-state index is 11.5. The highest BCUT2D eigenvalue weighted by atomic mass is 16.5.